The number of hydrogen-bond donors (Lipinski definition) is 2. The molecule has 4 nitrogen and oxygen atoms in total. The van der Waals surface area contributed by atoms with Crippen LogP contribution in [0.3, 0.4) is 0 Å². The lowest BCUT2D eigenvalue weighted by Gasteiger charge is -2.18. The molecule has 0 unspecified atom stereocenters. The van der Waals surface area contributed by atoms with Crippen molar-refractivity contribution in [3.05, 3.63) is 21.9 Å². The number of thiophene rings is 1. The highest BCUT2D eigenvalue weighted by molar-refractivity contribution is 7.10. The Bertz CT molecular complexity index is 349. The van der Waals surface area contributed by atoms with Gasteiger partial charge in [0.1, 0.15) is 6.04 Å². The van der Waals surface area contributed by atoms with E-state index in [4.69, 9.17) is 0 Å². The van der Waals surface area contributed by atoms with Crippen molar-refractivity contribution in [2.45, 2.75) is 32.5 Å². The maximum Gasteiger partial charge on any atom is 0.325 e. The van der Waals surface area contributed by atoms with Crippen molar-refractivity contribution in [1.29, 1.82) is 0 Å². The molecule has 0 spiro atoms. The van der Waals surface area contributed by atoms with E-state index in [-0.39, 0.29) is 0 Å². The number of esters is 1. The lowest BCUT2D eigenvalue weighted by molar-refractivity contribution is -0.145. The summed E-state index contributed by atoms with van der Waals surface area (Å²) in [4.78, 5) is 12.5. The third-order valence-electron chi connectivity index (χ3n) is 2.39. The Labute approximate surface area is 99.2 Å². The molecule has 16 heavy (non-hydrogen) atoms. The minimum absolute atomic E-state index is 0.441. The zero-order chi connectivity index (χ0) is 12.1. The average Bonchev–Trinajstić information content (AvgIpc) is 2.64. The summed E-state index contributed by atoms with van der Waals surface area (Å²) in [7, 11) is 1.32. The number of carbonyl (C=O) groups is 1. The highest BCUT2D eigenvalue weighted by Gasteiger charge is 2.23. The molecule has 90 valence electrons. The van der Waals surface area contributed by atoms with Crippen LogP contribution < -0.4 is 5.32 Å². The van der Waals surface area contributed by atoms with Crippen LogP contribution in [0.5, 0.6) is 0 Å². The van der Waals surface area contributed by atoms with E-state index in [1.165, 1.54) is 12.7 Å². The van der Waals surface area contributed by atoms with Crippen LogP contribution in [0.4, 0.5) is 0 Å². The molecule has 0 aromatic carbocycles. The first-order valence-electron chi connectivity index (χ1n) is 5.08. The predicted molar refractivity (Wildman–Crippen MR) is 63.4 cm³/mol. The van der Waals surface area contributed by atoms with Crippen molar-refractivity contribution >= 4 is 17.3 Å². The molecular formula is C11H17NO3S. The van der Waals surface area contributed by atoms with E-state index in [0.29, 0.717) is 6.54 Å². The SMILES string of the molecule is COC(=O)[C@H](NCc1sccc1C)[C@H](C)O. The number of rotatable bonds is 5. The summed E-state index contributed by atoms with van der Waals surface area (Å²) in [6.07, 6.45) is -0.771. The van der Waals surface area contributed by atoms with E-state index in [1.807, 2.05) is 18.4 Å². The van der Waals surface area contributed by atoms with E-state index < -0.39 is 18.1 Å². The number of methoxy groups -OCH3 is 1. The van der Waals surface area contributed by atoms with Crippen LogP contribution in [0.15, 0.2) is 11.4 Å². The zero-order valence-electron chi connectivity index (χ0n) is 9.69. The number of hydrogen-bond acceptors (Lipinski definition) is 5. The average molecular weight is 243 g/mol. The molecule has 2 N–H and O–H groups in total. The minimum Gasteiger partial charge on any atom is -0.468 e. The van der Waals surface area contributed by atoms with Crippen LogP contribution in [0.1, 0.15) is 17.4 Å². The molecule has 1 rings (SSSR count). The Balaban J connectivity index is 2.57. The predicted octanol–water partition coefficient (Wildman–Crippen LogP) is 1.07. The molecule has 0 aliphatic heterocycles. The Kier molecular flexibility index (Phi) is 4.92. The van der Waals surface area contributed by atoms with E-state index in [0.717, 1.165) is 4.88 Å². The molecule has 0 bridgehead atoms. The second-order valence-electron chi connectivity index (χ2n) is 3.65. The standard InChI is InChI=1S/C11H17NO3S/c1-7-4-5-16-9(7)6-12-10(8(2)13)11(14)15-3/h4-5,8,10,12-13H,6H2,1-3H3/t8-,10+/m0/s1. The molecule has 1 aromatic heterocycles. The summed E-state index contributed by atoms with van der Waals surface area (Å²) in [5.74, 6) is -0.441. The third kappa shape index (κ3) is 3.30. The van der Waals surface area contributed by atoms with Gasteiger partial charge in [0.05, 0.1) is 13.2 Å². The highest BCUT2D eigenvalue weighted by Crippen LogP contribution is 2.15. The van der Waals surface area contributed by atoms with Crippen molar-refractivity contribution in [3.8, 4) is 0 Å². The third-order valence-corrected chi connectivity index (χ3v) is 3.41. The number of aryl methyl sites for hydroxylation is 1. The summed E-state index contributed by atoms with van der Waals surface area (Å²) < 4.78 is 4.62. The Morgan fingerprint density at radius 3 is 2.81 bits per heavy atom. The summed E-state index contributed by atoms with van der Waals surface area (Å²) >= 11 is 1.63. The van der Waals surface area contributed by atoms with Gasteiger partial charge in [0.2, 0.25) is 0 Å². The van der Waals surface area contributed by atoms with Gasteiger partial charge in [-0.25, -0.2) is 0 Å². The first-order valence-corrected chi connectivity index (χ1v) is 5.96. The smallest absolute Gasteiger partial charge is 0.325 e. The Hall–Kier alpha value is -0.910. The molecule has 2 atom stereocenters. The molecule has 5 heteroatoms. The quantitative estimate of drug-likeness (QED) is 0.759. The molecule has 0 aliphatic rings. The van der Waals surface area contributed by atoms with Crippen molar-refractivity contribution in [1.82, 2.24) is 5.32 Å². The van der Waals surface area contributed by atoms with Gasteiger partial charge in [-0.15, -0.1) is 11.3 Å². The fraction of sp³-hybridized carbons (Fsp3) is 0.545. The van der Waals surface area contributed by atoms with Gasteiger partial charge in [0, 0.05) is 11.4 Å². The number of ether oxygens (including phenoxy) is 1. The maximum absolute atomic E-state index is 11.4. The van der Waals surface area contributed by atoms with Gasteiger partial charge in [-0.05, 0) is 30.9 Å². The Morgan fingerprint density at radius 1 is 1.69 bits per heavy atom. The van der Waals surface area contributed by atoms with Crippen LogP contribution in [0, 0.1) is 6.92 Å². The van der Waals surface area contributed by atoms with Gasteiger partial charge < -0.3 is 9.84 Å². The molecule has 0 aliphatic carbocycles. The Morgan fingerprint density at radius 2 is 2.38 bits per heavy atom. The van der Waals surface area contributed by atoms with Gasteiger partial charge in [-0.1, -0.05) is 0 Å². The second-order valence-corrected chi connectivity index (χ2v) is 4.65. The van der Waals surface area contributed by atoms with Gasteiger partial charge in [0.15, 0.2) is 0 Å². The molecule has 1 aromatic rings. The lowest BCUT2D eigenvalue weighted by Crippen LogP contribution is -2.45. The summed E-state index contributed by atoms with van der Waals surface area (Å²) in [5.41, 5.74) is 1.19. The number of nitrogens with one attached hydrogen (secondary N) is 1. The molecule has 0 saturated carbocycles. The van der Waals surface area contributed by atoms with Crippen LogP contribution in [-0.4, -0.2) is 30.3 Å². The first kappa shape index (κ1) is 13.2. The fourth-order valence-corrected chi connectivity index (χ4v) is 2.22. The molecular weight excluding hydrogens is 226 g/mol. The van der Waals surface area contributed by atoms with Crippen LogP contribution in [0.2, 0.25) is 0 Å². The summed E-state index contributed by atoms with van der Waals surface area (Å²) in [6.45, 7) is 4.15. The number of carbonyl (C=O) groups excluding carboxylic acids is 1. The molecule has 1 heterocycles. The lowest BCUT2D eigenvalue weighted by atomic mass is 10.2. The van der Waals surface area contributed by atoms with Crippen LogP contribution in [0.25, 0.3) is 0 Å². The monoisotopic (exact) mass is 243 g/mol. The van der Waals surface area contributed by atoms with Crippen LogP contribution in [-0.2, 0) is 16.1 Å². The molecule has 0 saturated heterocycles. The van der Waals surface area contributed by atoms with Crippen LogP contribution >= 0.6 is 11.3 Å². The summed E-state index contributed by atoms with van der Waals surface area (Å²) in [5, 5.41) is 14.5. The summed E-state index contributed by atoms with van der Waals surface area (Å²) in [6, 6.07) is 1.35. The zero-order valence-corrected chi connectivity index (χ0v) is 10.5. The minimum atomic E-state index is -0.771. The molecule has 0 amide bonds. The maximum atomic E-state index is 11.4. The van der Waals surface area contributed by atoms with E-state index in [1.54, 1.807) is 18.3 Å². The molecule has 0 radical (unpaired) electrons. The first-order chi connectivity index (χ1) is 7.56. The van der Waals surface area contributed by atoms with Crippen molar-refractivity contribution < 1.29 is 14.6 Å². The van der Waals surface area contributed by atoms with E-state index in [2.05, 4.69) is 10.1 Å². The van der Waals surface area contributed by atoms with Gasteiger partial charge in [-0.2, -0.15) is 0 Å². The van der Waals surface area contributed by atoms with Gasteiger partial charge >= 0.3 is 5.97 Å². The van der Waals surface area contributed by atoms with Gasteiger partial charge in [0.25, 0.3) is 0 Å². The number of aliphatic hydroxyl groups excluding tert-OH is 1. The van der Waals surface area contributed by atoms with Crippen molar-refractivity contribution in [3.63, 3.8) is 0 Å². The van der Waals surface area contributed by atoms with E-state index in [9.17, 15) is 9.90 Å². The van der Waals surface area contributed by atoms with Crippen molar-refractivity contribution in [2.75, 3.05) is 7.11 Å². The van der Waals surface area contributed by atoms with Gasteiger partial charge in [-0.3, -0.25) is 10.1 Å². The topological polar surface area (TPSA) is 58.6 Å². The van der Waals surface area contributed by atoms with Crippen molar-refractivity contribution in [2.24, 2.45) is 0 Å². The second kappa shape index (κ2) is 5.98. The molecule has 0 fully saturated rings. The number of aliphatic hydroxyl groups is 1. The highest BCUT2D eigenvalue weighted by atomic mass is 32.1. The normalized spacial score (nSPS) is 14.5. The fourth-order valence-electron chi connectivity index (χ4n) is 1.37. The largest absolute Gasteiger partial charge is 0.468 e. The van der Waals surface area contributed by atoms with E-state index >= 15 is 0 Å².